The molecule has 0 aliphatic carbocycles. The Morgan fingerprint density at radius 1 is 0.937 bits per heavy atom. The number of ether oxygens (including phenoxy) is 7. The lowest BCUT2D eigenvalue weighted by Gasteiger charge is -2.39. The first-order chi connectivity index (χ1) is 30.0. The molecule has 63 heavy (non-hydrogen) atoms. The van der Waals surface area contributed by atoms with Gasteiger partial charge in [-0.3, -0.25) is 29.3 Å². The van der Waals surface area contributed by atoms with Crippen molar-refractivity contribution in [2.45, 2.75) is 83.7 Å². The van der Waals surface area contributed by atoms with E-state index in [4.69, 9.17) is 56.4 Å². The number of fused-ring (bicyclic) bond motifs is 1. The molecule has 0 spiro atoms. The summed E-state index contributed by atoms with van der Waals surface area (Å²) in [7, 11) is 0. The first-order valence-corrected chi connectivity index (χ1v) is 20.3. The molecule has 0 bridgehead atoms. The molecular formula is C41H41Cl2N5O15. The van der Waals surface area contributed by atoms with Crippen LogP contribution >= 0.6 is 23.2 Å². The number of halogens is 2. The van der Waals surface area contributed by atoms with Gasteiger partial charge in [-0.1, -0.05) is 29.3 Å². The molecule has 2 amide bonds. The largest absolute Gasteiger partial charge is 0.463 e. The van der Waals surface area contributed by atoms with Crippen molar-refractivity contribution in [2.75, 3.05) is 19.7 Å². The molecule has 1 unspecified atom stereocenters. The van der Waals surface area contributed by atoms with E-state index < -0.39 is 83.5 Å². The molecule has 0 saturated carbocycles. The predicted molar refractivity (Wildman–Crippen MR) is 221 cm³/mol. The number of rotatable bonds is 13. The van der Waals surface area contributed by atoms with E-state index in [-0.39, 0.29) is 53.4 Å². The molecule has 22 heteroatoms. The molecule has 3 heterocycles. The normalized spacial score (nSPS) is 19.6. The molecule has 2 fully saturated rings. The topological polar surface area (TPSA) is 254 Å². The summed E-state index contributed by atoms with van der Waals surface area (Å²) in [5.74, 6) is -2.16. The van der Waals surface area contributed by atoms with E-state index in [0.717, 1.165) is 33.3 Å². The minimum absolute atomic E-state index is 0.0110. The second-order valence-corrected chi connectivity index (χ2v) is 15.3. The maximum Gasteiger partial charge on any atom is 0.415 e. The summed E-state index contributed by atoms with van der Waals surface area (Å²) < 4.78 is 38.6. The lowest BCUT2D eigenvalue weighted by atomic mass is 10.0. The van der Waals surface area contributed by atoms with Gasteiger partial charge in [0.05, 0.1) is 33.9 Å². The Kier molecular flexibility index (Phi) is 15.0. The number of likely N-dealkylation sites (tertiary alicyclic amines) is 1. The summed E-state index contributed by atoms with van der Waals surface area (Å²) in [6.07, 6.45) is -4.58. The quantitative estimate of drug-likeness (QED) is 0.0674. The first kappa shape index (κ1) is 46.0. The highest BCUT2D eigenvalue weighted by atomic mass is 35.5. The Bertz CT molecular complexity index is 2470. The number of benzene rings is 3. The number of hydrogen-bond acceptors (Lipinski definition) is 16. The lowest BCUT2D eigenvalue weighted by Crippen LogP contribution is -2.54. The van der Waals surface area contributed by atoms with Crippen LogP contribution in [0, 0.1) is 10.1 Å². The number of aromatic nitrogens is 2. The summed E-state index contributed by atoms with van der Waals surface area (Å²) in [5.41, 5.74) is -0.130. The summed E-state index contributed by atoms with van der Waals surface area (Å²) >= 11 is 12.3. The Morgan fingerprint density at radius 3 is 2.40 bits per heavy atom. The predicted octanol–water partition coefficient (Wildman–Crippen LogP) is 6.01. The van der Waals surface area contributed by atoms with Crippen molar-refractivity contribution in [1.29, 1.82) is 0 Å². The number of amides is 2. The number of nitro benzene ring substituents is 1. The third-order valence-corrected chi connectivity index (χ3v) is 10.3. The number of nitro groups is 1. The fourth-order valence-electron chi connectivity index (χ4n) is 7.03. The number of hydrogen-bond donors (Lipinski definition) is 2. The molecule has 2 N–H and O–H groups in total. The third kappa shape index (κ3) is 12.1. The van der Waals surface area contributed by atoms with Gasteiger partial charge in [-0.25, -0.2) is 14.6 Å². The number of carbonyl (C=O) groups excluding carboxylic acids is 5. The maximum absolute atomic E-state index is 13.6. The molecule has 5 atom stereocenters. The first-order valence-electron chi connectivity index (χ1n) is 19.5. The van der Waals surface area contributed by atoms with Crippen molar-refractivity contribution in [3.63, 3.8) is 0 Å². The number of aromatic amines is 1. The van der Waals surface area contributed by atoms with E-state index in [2.05, 4.69) is 15.3 Å². The fraction of sp³-hybridized carbons (Fsp3) is 0.390. The van der Waals surface area contributed by atoms with E-state index >= 15 is 0 Å². The van der Waals surface area contributed by atoms with Crippen molar-refractivity contribution < 1.29 is 62.1 Å². The maximum atomic E-state index is 13.6. The summed E-state index contributed by atoms with van der Waals surface area (Å²) in [4.78, 5) is 94.8. The summed E-state index contributed by atoms with van der Waals surface area (Å²) in [6, 6.07) is 12.5. The van der Waals surface area contributed by atoms with Crippen LogP contribution in [0.1, 0.15) is 52.0 Å². The number of alkyl carbamates (subject to hydrolysis) is 1. The van der Waals surface area contributed by atoms with Crippen molar-refractivity contribution in [2.24, 2.45) is 0 Å². The number of esters is 3. The third-order valence-electron chi connectivity index (χ3n) is 9.81. The average Bonchev–Trinajstić information content (AvgIpc) is 3.23. The SMILES string of the molecule is CC(=O)OC[C@H]1O[C@@H](Oc2ccc(COC(=O)NCC3CCCCN3C(=O)Oc3ccc(Cl)cc3-c3nc4ccc(Cl)cc4c(=O)[nH]3)cc2[N+](=O)[O-])C[C@@H](OC(C)=O)[C@H]1OC(C)=O. The molecule has 2 saturated heterocycles. The molecule has 3 aromatic carbocycles. The number of nitrogens with zero attached hydrogens (tertiary/aromatic N) is 3. The van der Waals surface area contributed by atoms with Crippen LogP contribution in [0.4, 0.5) is 15.3 Å². The van der Waals surface area contributed by atoms with Crippen LogP contribution in [0.5, 0.6) is 11.5 Å². The van der Waals surface area contributed by atoms with Crippen LogP contribution in [-0.2, 0) is 44.7 Å². The Balaban J connectivity index is 1.07. The van der Waals surface area contributed by atoms with Crippen LogP contribution in [0.2, 0.25) is 10.0 Å². The Hall–Kier alpha value is -6.51. The van der Waals surface area contributed by atoms with Crippen molar-refractivity contribution in [3.8, 4) is 22.9 Å². The van der Waals surface area contributed by atoms with Gasteiger partial charge in [0.25, 0.3) is 5.56 Å². The van der Waals surface area contributed by atoms with Crippen LogP contribution in [0.15, 0.2) is 59.4 Å². The van der Waals surface area contributed by atoms with Gasteiger partial charge in [0.2, 0.25) is 6.29 Å². The van der Waals surface area contributed by atoms with Crippen LogP contribution in [0.3, 0.4) is 0 Å². The lowest BCUT2D eigenvalue weighted by molar-refractivity contribution is -0.386. The molecule has 334 valence electrons. The van der Waals surface area contributed by atoms with Gasteiger partial charge >= 0.3 is 35.8 Å². The zero-order valence-electron chi connectivity index (χ0n) is 34.0. The monoisotopic (exact) mass is 913 g/mol. The van der Waals surface area contributed by atoms with Crippen LogP contribution in [-0.4, -0.2) is 100 Å². The second-order valence-electron chi connectivity index (χ2n) is 14.4. The number of carbonyl (C=O) groups is 5. The van der Waals surface area contributed by atoms with Gasteiger partial charge in [-0.15, -0.1) is 0 Å². The van der Waals surface area contributed by atoms with E-state index in [1.54, 1.807) is 12.1 Å². The van der Waals surface area contributed by atoms with Crippen LogP contribution in [0.25, 0.3) is 22.3 Å². The van der Waals surface area contributed by atoms with E-state index in [1.165, 1.54) is 41.3 Å². The van der Waals surface area contributed by atoms with E-state index in [0.29, 0.717) is 34.9 Å². The summed E-state index contributed by atoms with van der Waals surface area (Å²) in [5, 5.41) is 15.7. The van der Waals surface area contributed by atoms with Crippen molar-refractivity contribution >= 4 is 69.9 Å². The number of piperidine rings is 1. The number of H-pyrrole nitrogens is 1. The number of nitrogens with one attached hydrogen (secondary N) is 2. The van der Waals surface area contributed by atoms with Gasteiger partial charge < -0.3 is 48.4 Å². The van der Waals surface area contributed by atoms with Crippen molar-refractivity contribution in [1.82, 2.24) is 20.2 Å². The Morgan fingerprint density at radius 2 is 1.67 bits per heavy atom. The molecule has 6 rings (SSSR count). The fourth-order valence-corrected chi connectivity index (χ4v) is 7.37. The molecule has 1 aromatic heterocycles. The molecule has 20 nitrogen and oxygen atoms in total. The summed E-state index contributed by atoms with van der Waals surface area (Å²) in [6.45, 7) is 2.93. The van der Waals surface area contributed by atoms with Gasteiger partial charge in [-0.05, 0) is 67.3 Å². The molecule has 2 aliphatic heterocycles. The van der Waals surface area contributed by atoms with E-state index in [1.807, 2.05) is 0 Å². The molecule has 2 aliphatic rings. The second kappa shape index (κ2) is 20.6. The zero-order valence-corrected chi connectivity index (χ0v) is 35.5. The highest BCUT2D eigenvalue weighted by molar-refractivity contribution is 6.31. The highest BCUT2D eigenvalue weighted by Crippen LogP contribution is 2.35. The highest BCUT2D eigenvalue weighted by Gasteiger charge is 2.45. The minimum Gasteiger partial charge on any atom is -0.463 e. The molecule has 4 aromatic rings. The Labute approximate surface area is 368 Å². The van der Waals surface area contributed by atoms with Gasteiger partial charge in [0, 0.05) is 50.0 Å². The standard InChI is InChI=1S/C41H41Cl2N5O15/c1-21(49)57-20-35-37(60-23(3)51)34(59-22(2)50)17-36(62-35)61-33-11-7-24(14-31(33)48(55)56)19-58-40(53)44-18-27-6-4-5-13-47(27)41(54)63-32-12-9-26(43)16-29(32)38-45-30-10-8-25(42)15-28(30)39(52)46-38/h7-12,14-16,27,34-37H,4-6,13,17-20H2,1-3H3,(H,44,53)(H,45,46,52)/t27?,34-,35-,36-,37-/m1/s1. The molecular weight excluding hydrogens is 873 g/mol. The zero-order chi connectivity index (χ0) is 45.4. The van der Waals surface area contributed by atoms with Crippen LogP contribution < -0.4 is 20.3 Å². The molecule has 0 radical (unpaired) electrons. The smallest absolute Gasteiger partial charge is 0.415 e. The van der Waals surface area contributed by atoms with Gasteiger partial charge in [-0.2, -0.15) is 0 Å². The van der Waals surface area contributed by atoms with Crippen molar-refractivity contribution in [3.05, 3.63) is 90.7 Å². The van der Waals surface area contributed by atoms with Gasteiger partial charge in [0.15, 0.2) is 11.9 Å². The van der Waals surface area contributed by atoms with Gasteiger partial charge in [0.1, 0.15) is 37.0 Å². The van der Waals surface area contributed by atoms with E-state index in [9.17, 15) is 38.9 Å². The average molecular weight is 915 g/mol. The minimum atomic E-state index is -1.29.